The molecule has 1 heterocycles. The summed E-state index contributed by atoms with van der Waals surface area (Å²) in [4.78, 5) is 19.6. The van der Waals surface area contributed by atoms with Crippen LogP contribution in [-0.4, -0.2) is 18.7 Å². The summed E-state index contributed by atoms with van der Waals surface area (Å²) in [7, 11) is 0. The second-order valence-electron chi connectivity index (χ2n) is 8.65. The summed E-state index contributed by atoms with van der Waals surface area (Å²) in [5.41, 5.74) is 5.71. The van der Waals surface area contributed by atoms with Crippen molar-refractivity contribution in [3.8, 4) is 11.8 Å². The molecule has 3 aromatic rings. The minimum Gasteiger partial charge on any atom is -0.479 e. The molecule has 0 saturated carbocycles. The number of aliphatic imine (C=N–C) groups is 1. The zero-order chi connectivity index (χ0) is 23.9. The summed E-state index contributed by atoms with van der Waals surface area (Å²) >= 11 is 1.64. The van der Waals surface area contributed by atoms with Crippen LogP contribution in [0.2, 0.25) is 0 Å². The van der Waals surface area contributed by atoms with E-state index in [1.807, 2.05) is 56.3 Å². The third-order valence-electron chi connectivity index (χ3n) is 6.01. The number of anilines is 1. The molecule has 4 rings (SSSR count). The monoisotopic (exact) mass is 471 g/mol. The van der Waals surface area contributed by atoms with E-state index in [0.717, 1.165) is 58.6 Å². The Balaban J connectivity index is 1.68. The smallest absolute Gasteiger partial charge is 0.259 e. The van der Waals surface area contributed by atoms with Gasteiger partial charge in [-0.25, -0.2) is 4.99 Å². The Morgan fingerprint density at radius 2 is 1.97 bits per heavy atom. The number of amides is 1. The molecule has 1 aromatic heterocycles. The number of ether oxygens (including phenoxy) is 1. The van der Waals surface area contributed by atoms with Gasteiger partial charge in [-0.2, -0.15) is 5.26 Å². The third-order valence-corrected chi connectivity index (χ3v) is 7.21. The Morgan fingerprint density at radius 1 is 1.15 bits per heavy atom. The molecular weight excluding hydrogens is 442 g/mol. The van der Waals surface area contributed by atoms with Gasteiger partial charge in [-0.15, -0.1) is 11.3 Å². The number of nitrogens with zero attached hydrogens (tertiary/aromatic N) is 2. The normalized spacial score (nSPS) is 13.6. The predicted octanol–water partition coefficient (Wildman–Crippen LogP) is 6.93. The molecule has 0 unspecified atom stereocenters. The van der Waals surface area contributed by atoms with Crippen molar-refractivity contribution in [3.63, 3.8) is 0 Å². The number of hydrogen-bond acceptors (Lipinski definition) is 5. The lowest BCUT2D eigenvalue weighted by Crippen LogP contribution is -2.15. The van der Waals surface area contributed by atoms with Gasteiger partial charge in [0.15, 0.2) is 6.61 Å². The topological polar surface area (TPSA) is 74.5 Å². The summed E-state index contributed by atoms with van der Waals surface area (Å²) in [6.07, 6.45) is 8.34. The summed E-state index contributed by atoms with van der Waals surface area (Å²) < 4.78 is 5.41. The summed E-state index contributed by atoms with van der Waals surface area (Å²) in [5.74, 6) is 0.530. The maximum absolute atomic E-state index is 13.6. The van der Waals surface area contributed by atoms with Crippen molar-refractivity contribution in [2.75, 3.05) is 11.9 Å². The van der Waals surface area contributed by atoms with Crippen molar-refractivity contribution < 1.29 is 9.53 Å². The Morgan fingerprint density at radius 3 is 2.79 bits per heavy atom. The van der Waals surface area contributed by atoms with E-state index in [9.17, 15) is 4.79 Å². The first-order valence-corrected chi connectivity index (χ1v) is 12.5. The van der Waals surface area contributed by atoms with Crippen LogP contribution in [0.5, 0.6) is 5.75 Å². The number of nitrogens with one attached hydrogen (secondary N) is 1. The van der Waals surface area contributed by atoms with Gasteiger partial charge in [0.2, 0.25) is 0 Å². The Labute approximate surface area is 205 Å². The maximum Gasteiger partial charge on any atom is 0.259 e. The van der Waals surface area contributed by atoms with Crippen LogP contribution >= 0.6 is 11.3 Å². The number of rotatable bonds is 6. The number of nitriles is 1. The van der Waals surface area contributed by atoms with Crippen molar-refractivity contribution in [2.24, 2.45) is 4.99 Å². The summed E-state index contributed by atoms with van der Waals surface area (Å²) in [6, 6.07) is 15.5. The minimum absolute atomic E-state index is 0.000930. The molecule has 1 aliphatic carbocycles. The molecular formula is C28H29N3O2S. The van der Waals surface area contributed by atoms with E-state index in [2.05, 4.69) is 11.4 Å². The second-order valence-corrected chi connectivity index (χ2v) is 9.73. The molecule has 1 N–H and O–H groups in total. The lowest BCUT2D eigenvalue weighted by Gasteiger charge is -2.13. The average Bonchev–Trinajstić information content (AvgIpc) is 3.15. The molecule has 0 spiro atoms. The van der Waals surface area contributed by atoms with Gasteiger partial charge in [-0.3, -0.25) is 4.79 Å². The van der Waals surface area contributed by atoms with Gasteiger partial charge in [0.25, 0.3) is 5.91 Å². The number of fused-ring (bicyclic) bond motifs is 1. The molecule has 0 aliphatic heterocycles. The first-order chi connectivity index (χ1) is 16.5. The van der Waals surface area contributed by atoms with E-state index in [4.69, 9.17) is 15.0 Å². The van der Waals surface area contributed by atoms with Crippen LogP contribution in [0.3, 0.4) is 0 Å². The van der Waals surface area contributed by atoms with Crippen molar-refractivity contribution in [1.29, 1.82) is 5.26 Å². The number of carbonyl (C=O) groups is 1. The van der Waals surface area contributed by atoms with Crippen LogP contribution in [0.15, 0.2) is 47.5 Å². The van der Waals surface area contributed by atoms with Crippen LogP contribution in [0.4, 0.5) is 10.7 Å². The van der Waals surface area contributed by atoms with E-state index >= 15 is 0 Å². The Kier molecular flexibility index (Phi) is 7.76. The van der Waals surface area contributed by atoms with Crippen LogP contribution < -0.4 is 10.1 Å². The highest BCUT2D eigenvalue weighted by molar-refractivity contribution is 7.16. The molecule has 1 amide bonds. The van der Waals surface area contributed by atoms with Crippen molar-refractivity contribution in [1.82, 2.24) is 0 Å². The predicted molar refractivity (Wildman–Crippen MR) is 139 cm³/mol. The van der Waals surface area contributed by atoms with Crippen LogP contribution in [0, 0.1) is 25.2 Å². The highest BCUT2D eigenvalue weighted by Crippen LogP contribution is 2.39. The van der Waals surface area contributed by atoms with Gasteiger partial charge >= 0.3 is 0 Å². The Hall–Kier alpha value is -3.43. The maximum atomic E-state index is 13.6. The quantitative estimate of drug-likeness (QED) is 0.396. The Bertz CT molecular complexity index is 1250. The van der Waals surface area contributed by atoms with Crippen molar-refractivity contribution in [3.05, 3.63) is 75.2 Å². The van der Waals surface area contributed by atoms with Crippen LogP contribution in [-0.2, 0) is 12.8 Å². The summed E-state index contributed by atoms with van der Waals surface area (Å²) in [6.45, 7) is 4.04. The van der Waals surface area contributed by atoms with Gasteiger partial charge in [0, 0.05) is 16.8 Å². The van der Waals surface area contributed by atoms with Gasteiger partial charge in [0.1, 0.15) is 16.8 Å². The zero-order valence-electron chi connectivity index (χ0n) is 19.7. The second kappa shape index (κ2) is 11.1. The lowest BCUT2D eigenvalue weighted by atomic mass is 9.96. The molecule has 0 bridgehead atoms. The molecule has 0 radical (unpaired) electrons. The molecule has 5 nitrogen and oxygen atoms in total. The minimum atomic E-state index is -0.0926. The van der Waals surface area contributed by atoms with E-state index in [-0.39, 0.29) is 12.5 Å². The van der Waals surface area contributed by atoms with Gasteiger partial charge in [-0.05, 0) is 80.0 Å². The average molecular weight is 472 g/mol. The largest absolute Gasteiger partial charge is 0.479 e. The SMILES string of the molecule is Cc1ccc(C)c(NC(=O)c2c(N=Cc3cccc(OCC#N)c3)sc3c2CCCCCC3)c1. The number of thiophene rings is 1. The highest BCUT2D eigenvalue weighted by Gasteiger charge is 2.24. The molecule has 0 saturated heterocycles. The van der Waals surface area contributed by atoms with E-state index in [1.54, 1.807) is 17.6 Å². The fraction of sp³-hybridized carbons (Fsp3) is 0.321. The van der Waals surface area contributed by atoms with Gasteiger partial charge < -0.3 is 10.1 Å². The van der Waals surface area contributed by atoms with E-state index in [1.165, 1.54) is 17.7 Å². The molecule has 174 valence electrons. The lowest BCUT2D eigenvalue weighted by molar-refractivity contribution is 0.102. The van der Waals surface area contributed by atoms with Crippen LogP contribution in [0.25, 0.3) is 0 Å². The standard InChI is InChI=1S/C28H29N3O2S/c1-19-12-13-20(2)24(16-19)31-27(32)26-23-10-5-3-4-6-11-25(23)34-28(26)30-18-21-8-7-9-22(17-21)33-15-14-29/h7-9,12-13,16-18H,3-6,10-11,15H2,1-2H3,(H,31,32). The van der Waals surface area contributed by atoms with Gasteiger partial charge in [-0.1, -0.05) is 37.1 Å². The third kappa shape index (κ3) is 5.73. The number of aryl methyl sites for hydroxylation is 3. The number of carbonyl (C=O) groups excluding carboxylic acids is 1. The molecule has 34 heavy (non-hydrogen) atoms. The molecule has 6 heteroatoms. The van der Waals surface area contributed by atoms with Crippen molar-refractivity contribution >= 4 is 34.1 Å². The molecule has 0 atom stereocenters. The van der Waals surface area contributed by atoms with Crippen molar-refractivity contribution in [2.45, 2.75) is 52.4 Å². The molecule has 1 aliphatic rings. The van der Waals surface area contributed by atoms with E-state index < -0.39 is 0 Å². The number of hydrogen-bond donors (Lipinski definition) is 1. The first kappa shape index (κ1) is 23.7. The zero-order valence-corrected chi connectivity index (χ0v) is 20.5. The fourth-order valence-electron chi connectivity index (χ4n) is 4.22. The molecule has 0 fully saturated rings. The number of benzene rings is 2. The summed E-state index contributed by atoms with van der Waals surface area (Å²) in [5, 5.41) is 12.7. The van der Waals surface area contributed by atoms with Gasteiger partial charge in [0.05, 0.1) is 5.56 Å². The highest BCUT2D eigenvalue weighted by atomic mass is 32.1. The fourth-order valence-corrected chi connectivity index (χ4v) is 5.45. The van der Waals surface area contributed by atoms with E-state index in [0.29, 0.717) is 11.3 Å². The van der Waals surface area contributed by atoms with Crippen LogP contribution in [0.1, 0.15) is 63.2 Å². The first-order valence-electron chi connectivity index (χ1n) is 11.7. The molecule has 2 aromatic carbocycles.